The van der Waals surface area contributed by atoms with Crippen LogP contribution in [0, 0.1) is 29.1 Å². The average molecular weight is 1970 g/mol. The predicted molar refractivity (Wildman–Crippen MR) is 495 cm³/mol. The number of esters is 1. The van der Waals surface area contributed by atoms with Gasteiger partial charge in [0.15, 0.2) is 0 Å². The highest BCUT2D eigenvalue weighted by atomic mass is 16.6. The number of carbonyl (C=O) groups is 17. The molecule has 1 aliphatic rings. The third kappa shape index (κ3) is 46.2. The summed E-state index contributed by atoms with van der Waals surface area (Å²) in [4.78, 5) is 233. The highest BCUT2D eigenvalue weighted by molar-refractivity contribution is 5.96. The van der Waals surface area contributed by atoms with Crippen LogP contribution >= 0.6 is 0 Å². The summed E-state index contributed by atoms with van der Waals surface area (Å²) in [7, 11) is 8.18. The van der Waals surface area contributed by atoms with Crippen LogP contribution in [-0.4, -0.2) is 410 Å². The Morgan fingerprint density at radius 3 is 1.60 bits per heavy atom. The molecule has 1 heterocycles. The number of aliphatic hydroxyl groups excluding tert-OH is 10. The molecule has 786 valence electrons. The van der Waals surface area contributed by atoms with E-state index in [1.165, 1.54) is 21.1 Å². The summed E-state index contributed by atoms with van der Waals surface area (Å²) in [5.74, 6) is -13.6. The molecule has 48 nitrogen and oxygen atoms in total. The zero-order valence-corrected chi connectivity index (χ0v) is 82.2. The summed E-state index contributed by atoms with van der Waals surface area (Å²) in [6.45, 7) is 13.1. The van der Waals surface area contributed by atoms with Crippen LogP contribution < -0.4 is 69.1 Å². The van der Waals surface area contributed by atoms with Gasteiger partial charge in [-0.25, -0.2) is 9.59 Å². The fraction of sp³-hybridized carbons (Fsp3) is 0.744. The number of benzene rings is 1. The zero-order valence-electron chi connectivity index (χ0n) is 82.2. The van der Waals surface area contributed by atoms with Crippen molar-refractivity contribution in [1.29, 1.82) is 0 Å². The quantitative estimate of drug-likeness (QED) is 0.0213. The molecule has 0 aliphatic carbocycles. The number of nitrogens with one attached hydrogen (secondary N) is 13. The van der Waals surface area contributed by atoms with Crippen LogP contribution in [0.5, 0.6) is 0 Å². The van der Waals surface area contributed by atoms with Gasteiger partial charge in [0.1, 0.15) is 79.2 Å². The summed E-state index contributed by atoms with van der Waals surface area (Å²) < 4.78 is 28.2. The van der Waals surface area contributed by atoms with Crippen LogP contribution in [0.25, 0.3) is 0 Å². The van der Waals surface area contributed by atoms with Gasteiger partial charge in [0, 0.05) is 92.5 Å². The largest absolute Gasteiger partial charge is 0.464 e. The number of hydrogen-bond donors (Lipinski definition) is 23. The summed E-state index contributed by atoms with van der Waals surface area (Å²) >= 11 is 0. The van der Waals surface area contributed by atoms with Gasteiger partial charge in [0.2, 0.25) is 82.7 Å². The average Bonchev–Trinajstić information content (AvgIpc) is 1.66. The van der Waals surface area contributed by atoms with Crippen molar-refractivity contribution in [3.63, 3.8) is 0 Å². The Hall–Kier alpha value is -10.3. The molecule has 1 aromatic carbocycles. The van der Waals surface area contributed by atoms with Crippen LogP contribution in [0.1, 0.15) is 159 Å². The Bertz CT molecular complexity index is 3990. The summed E-state index contributed by atoms with van der Waals surface area (Å²) in [5.41, 5.74) is 0.603. The maximum atomic E-state index is 14.7. The SMILES string of the molecule is CC[C@H](C)[C@@H]([C@@H](CC(=O)N1CCC[C@H]1[C@H](OC)[C@@H](C)C(=O)N[C@@H](Cc1ccccc1)C(=O)NCCCOC(=O)C(C)NC(=O)CCNC(=O)OCC(NC(=O)CNC(=O)CNC(=O)CNC(=O)CNC(=O)CCNC(=O)CCOCC(C)(C)C)C(=O)NC(CCC(=O)CC[C@H](O)[C@@H](O)[C@H](O)[C@H](O)CO)C(=O)NC[C@H](O)[C@@H](O)[C@H](O)[C@H](O)CO)OC)N(C)C(=O)[C@@H](NC(=O)[C@H](C(C)C)N(C)C)C(C)C. The van der Waals surface area contributed by atoms with Gasteiger partial charge in [-0.15, -0.1) is 0 Å². The number of likely N-dealkylation sites (N-methyl/N-ethyl adjacent to an activating group) is 2. The van der Waals surface area contributed by atoms with Gasteiger partial charge in [-0.1, -0.05) is 106 Å². The van der Waals surface area contributed by atoms with Crippen LogP contribution in [0.4, 0.5) is 4.79 Å². The number of hydrogen-bond acceptors (Lipinski definition) is 33. The fourth-order valence-corrected chi connectivity index (χ4v) is 14.7. The number of carbonyl (C=O) groups excluding carboxylic acids is 17. The number of likely N-dealkylation sites (tertiary alicyclic amines) is 1. The first-order valence-electron chi connectivity index (χ1n) is 46.4. The first kappa shape index (κ1) is 124. The molecule has 138 heavy (non-hydrogen) atoms. The van der Waals surface area contributed by atoms with Gasteiger partial charge in [-0.2, -0.15) is 0 Å². The molecule has 1 saturated heterocycles. The molecular weight excluding hydrogens is 1820 g/mol. The van der Waals surface area contributed by atoms with E-state index in [9.17, 15) is 127 Å². The Morgan fingerprint density at radius 2 is 1.05 bits per heavy atom. The lowest BCUT2D eigenvalue weighted by Crippen LogP contribution is -2.59. The van der Waals surface area contributed by atoms with Crippen molar-refractivity contribution < 1.29 is 156 Å². The van der Waals surface area contributed by atoms with Gasteiger partial charge in [0.25, 0.3) is 0 Å². The summed E-state index contributed by atoms with van der Waals surface area (Å²) in [5, 5.41) is 131. The van der Waals surface area contributed by atoms with Crippen LogP contribution in [0.3, 0.4) is 0 Å². The molecule has 0 radical (unpaired) electrons. The Balaban J connectivity index is 2.22. The first-order valence-corrected chi connectivity index (χ1v) is 46.4. The predicted octanol–water partition coefficient (Wildman–Crippen LogP) is -7.46. The third-order valence-electron chi connectivity index (χ3n) is 22.8. The van der Waals surface area contributed by atoms with Gasteiger partial charge in [0.05, 0.1) is 114 Å². The molecule has 0 spiro atoms. The van der Waals surface area contributed by atoms with Crippen LogP contribution in [0.15, 0.2) is 30.3 Å². The van der Waals surface area contributed by atoms with Crippen molar-refractivity contribution in [2.24, 2.45) is 29.1 Å². The highest BCUT2D eigenvalue weighted by Crippen LogP contribution is 2.31. The van der Waals surface area contributed by atoms with Gasteiger partial charge < -0.3 is 154 Å². The van der Waals surface area contributed by atoms with E-state index in [4.69, 9.17) is 28.8 Å². The van der Waals surface area contributed by atoms with Crippen LogP contribution in [-0.2, 0) is 107 Å². The number of rotatable bonds is 67. The van der Waals surface area contributed by atoms with Crippen molar-refractivity contribution in [2.75, 3.05) is 134 Å². The highest BCUT2D eigenvalue weighted by Gasteiger charge is 2.45. The molecule has 3 unspecified atom stereocenters. The topological polar surface area (TPSA) is 705 Å². The molecule has 2 rings (SSSR count). The Labute approximate surface area is 805 Å². The number of nitrogens with zero attached hydrogens (tertiary/aromatic N) is 3. The van der Waals surface area contributed by atoms with E-state index < -0.39 is 283 Å². The number of ketones is 1. The van der Waals surface area contributed by atoms with E-state index in [-0.39, 0.29) is 105 Å². The monoisotopic (exact) mass is 1970 g/mol. The lowest BCUT2D eigenvalue weighted by atomic mass is 9.89. The number of ether oxygens (including phenoxy) is 5. The molecule has 0 bridgehead atoms. The van der Waals surface area contributed by atoms with E-state index in [1.807, 2.05) is 67.2 Å². The lowest BCUT2D eigenvalue weighted by molar-refractivity contribution is -0.148. The van der Waals surface area contributed by atoms with Gasteiger partial charge in [-0.05, 0) is 81.9 Å². The second-order valence-corrected chi connectivity index (χ2v) is 36.3. The molecule has 0 saturated carbocycles. The minimum atomic E-state index is -2.22. The van der Waals surface area contributed by atoms with Gasteiger partial charge in [-0.3, -0.25) is 76.8 Å². The van der Waals surface area contributed by atoms with E-state index >= 15 is 0 Å². The maximum Gasteiger partial charge on any atom is 0.407 e. The number of amides is 15. The Kier molecular flexibility index (Phi) is 58.1. The standard InChI is InChI=1S/C90H154N16O32/c1-17-52(6)76(105(14)87(131)74(50(2)3)103-86(130)75(51(4)5)104(12)13)65(134-15)40-73(121)106-36-21-25-60(106)81(135-16)53(7)82(126)102-58(39-55-23-19-18-20-24-55)84(128)92-33-22-37-137-88(132)54(8)99-68(116)31-35-93-89(133)138-48-59(100-72(120)45-97-71(119)44-96-70(118)43-95-69(117)42-94-66(114)30-34-91-67(115)32-38-136-49-90(9,10)11)85(129)101-57(83(127)98-41-62(111)78(123)80(125)64(113)47-108)28-26-56(109)27-29-61(110)77(122)79(124)63(112)46-107/h18-20,23-24,50-54,57-65,74-81,107-108,110-113,122-125H,17,21-22,25-49H2,1-16H3,(H,91,115)(H,92,128)(H,93,133)(H,94,114)(H,95,117)(H,96,118)(H,97,119)(H,98,127)(H,99,116)(H,100,120)(H,101,129)(H,102,126)(H,103,130)/t52-,53+,54?,57?,58-,59?,60-,61-,62-,63+,64+,65+,74-,75-,76-,77+,78+,79+,80+,81+/m0/s1. The van der Waals surface area contributed by atoms with Crippen LogP contribution in [0.2, 0.25) is 0 Å². The molecule has 0 aromatic heterocycles. The Morgan fingerprint density at radius 1 is 0.514 bits per heavy atom. The lowest BCUT2D eigenvalue weighted by Gasteiger charge is -2.41. The number of aliphatic hydroxyl groups is 10. The minimum Gasteiger partial charge on any atom is -0.464 e. The molecule has 48 heteroatoms. The molecule has 20 atom stereocenters. The second kappa shape index (κ2) is 64.8. The number of alkyl carbamates (subject to hydrolysis) is 1. The third-order valence-corrected chi connectivity index (χ3v) is 22.8. The molecule has 15 amide bonds. The summed E-state index contributed by atoms with van der Waals surface area (Å²) in [6.07, 6.45) is -20.8. The van der Waals surface area contributed by atoms with Gasteiger partial charge >= 0.3 is 12.1 Å². The minimum absolute atomic E-state index is 0.0423. The zero-order chi connectivity index (χ0) is 104. The van der Waals surface area contributed by atoms with E-state index in [1.54, 1.807) is 68.2 Å². The van der Waals surface area contributed by atoms with Crippen molar-refractivity contribution in [1.82, 2.24) is 83.8 Å². The van der Waals surface area contributed by atoms with Crippen molar-refractivity contribution in [2.45, 2.75) is 269 Å². The molecular formula is C90H154N16O32. The molecule has 1 aromatic rings. The fourth-order valence-electron chi connectivity index (χ4n) is 14.7. The molecule has 1 fully saturated rings. The van der Waals surface area contributed by atoms with E-state index in [0.717, 1.165) is 0 Å². The van der Waals surface area contributed by atoms with Crippen molar-refractivity contribution >= 4 is 101 Å². The van der Waals surface area contributed by atoms with Crippen molar-refractivity contribution in [3.8, 4) is 0 Å². The maximum absolute atomic E-state index is 14.7. The normalized spacial score (nSPS) is 16.8. The summed E-state index contributed by atoms with van der Waals surface area (Å²) in [6, 6.07) is -0.0907. The molecule has 1 aliphatic heterocycles. The van der Waals surface area contributed by atoms with E-state index in [0.29, 0.717) is 38.0 Å². The van der Waals surface area contributed by atoms with E-state index in [2.05, 4.69) is 69.1 Å². The smallest absolute Gasteiger partial charge is 0.407 e. The first-order chi connectivity index (χ1) is 64.9. The van der Waals surface area contributed by atoms with Crippen molar-refractivity contribution in [3.05, 3.63) is 35.9 Å². The number of Topliss-reactive ketones (excluding diaryl/α,β-unsaturated/α-hetero) is 1. The number of methoxy groups -OCH3 is 2. The molecule has 23 N–H and O–H groups in total. The second-order valence-electron chi connectivity index (χ2n) is 36.3.